The standard InChI is InChI=1S/C25H22F3N5O6S/c1-2-29-24(39)32-20-6-14(22-31-19(11-40-22)25(26,27)28)16(7-30-20)12-3-4-18-15(5-12)21(36)17(23(37)38)8-33(18)13(9-34)10-35/h3-8,11,13,34-35H,2,9-10H2,1H3,(H,37,38)(H2,29,30,32,39). The van der Waals surface area contributed by atoms with Crippen molar-refractivity contribution >= 4 is 40.1 Å². The molecule has 3 heterocycles. The minimum Gasteiger partial charge on any atom is -0.477 e. The van der Waals surface area contributed by atoms with Gasteiger partial charge in [-0.3, -0.25) is 10.1 Å². The Morgan fingerprint density at radius 3 is 2.48 bits per heavy atom. The van der Waals surface area contributed by atoms with Crippen molar-refractivity contribution < 1.29 is 38.1 Å². The molecule has 210 valence electrons. The Labute approximate surface area is 227 Å². The molecule has 4 aromatic rings. The fourth-order valence-electron chi connectivity index (χ4n) is 3.99. The molecule has 0 aliphatic rings. The molecule has 0 aliphatic carbocycles. The van der Waals surface area contributed by atoms with Gasteiger partial charge in [-0.2, -0.15) is 13.2 Å². The highest BCUT2D eigenvalue weighted by atomic mass is 32.1. The molecule has 1 aromatic carbocycles. The number of amides is 2. The van der Waals surface area contributed by atoms with Gasteiger partial charge in [-0.1, -0.05) is 6.07 Å². The molecular formula is C25H22F3N5O6S. The zero-order valence-corrected chi connectivity index (χ0v) is 21.5. The van der Waals surface area contributed by atoms with Crippen molar-refractivity contribution in [3.8, 4) is 21.7 Å². The first-order chi connectivity index (χ1) is 19.0. The van der Waals surface area contributed by atoms with Crippen LogP contribution in [0.1, 0.15) is 29.0 Å². The Balaban J connectivity index is 1.95. The summed E-state index contributed by atoms with van der Waals surface area (Å²) in [6.07, 6.45) is -2.37. The molecular weight excluding hydrogens is 555 g/mol. The first-order valence-electron chi connectivity index (χ1n) is 11.7. The number of fused-ring (bicyclic) bond motifs is 1. The number of carbonyl (C=O) groups is 2. The lowest BCUT2D eigenvalue weighted by molar-refractivity contribution is -0.140. The van der Waals surface area contributed by atoms with Crippen molar-refractivity contribution in [3.63, 3.8) is 0 Å². The number of anilines is 1. The van der Waals surface area contributed by atoms with E-state index in [9.17, 15) is 42.9 Å². The molecule has 4 rings (SSSR count). The fraction of sp³-hybridized carbons (Fsp3) is 0.240. The number of nitrogens with zero attached hydrogens (tertiary/aromatic N) is 3. The third-order valence-corrected chi connectivity index (χ3v) is 6.77. The summed E-state index contributed by atoms with van der Waals surface area (Å²) in [5.41, 5.74) is -1.64. The van der Waals surface area contributed by atoms with Gasteiger partial charge in [0, 0.05) is 40.8 Å². The number of carbonyl (C=O) groups excluding carboxylic acids is 1. The molecule has 0 aliphatic heterocycles. The number of aliphatic hydroxyl groups is 2. The van der Waals surface area contributed by atoms with E-state index in [4.69, 9.17) is 0 Å². The van der Waals surface area contributed by atoms with E-state index >= 15 is 0 Å². The van der Waals surface area contributed by atoms with Gasteiger partial charge in [-0.15, -0.1) is 11.3 Å². The van der Waals surface area contributed by atoms with E-state index in [0.29, 0.717) is 23.4 Å². The van der Waals surface area contributed by atoms with Gasteiger partial charge in [0.05, 0.1) is 24.8 Å². The van der Waals surface area contributed by atoms with Crippen LogP contribution in [-0.4, -0.2) is 61.6 Å². The summed E-state index contributed by atoms with van der Waals surface area (Å²) in [6, 6.07) is 4.15. The van der Waals surface area contributed by atoms with Crippen LogP contribution in [0.2, 0.25) is 0 Å². The van der Waals surface area contributed by atoms with E-state index < -0.39 is 54.1 Å². The summed E-state index contributed by atoms with van der Waals surface area (Å²) in [5, 5.41) is 34.7. The summed E-state index contributed by atoms with van der Waals surface area (Å²) in [6.45, 7) is 0.922. The van der Waals surface area contributed by atoms with Gasteiger partial charge < -0.3 is 25.2 Å². The topological polar surface area (TPSA) is 167 Å². The van der Waals surface area contributed by atoms with Gasteiger partial charge in [0.25, 0.3) is 0 Å². The van der Waals surface area contributed by atoms with E-state index in [1.54, 1.807) is 6.92 Å². The number of carboxylic acids is 1. The van der Waals surface area contributed by atoms with Gasteiger partial charge >= 0.3 is 18.2 Å². The van der Waals surface area contributed by atoms with Crippen molar-refractivity contribution in [2.24, 2.45) is 0 Å². The van der Waals surface area contributed by atoms with Gasteiger partial charge in [0.15, 0.2) is 5.69 Å². The lowest BCUT2D eigenvalue weighted by atomic mass is 9.99. The van der Waals surface area contributed by atoms with Crippen LogP contribution in [0, 0.1) is 0 Å². The van der Waals surface area contributed by atoms with Crippen molar-refractivity contribution in [1.29, 1.82) is 0 Å². The second-order valence-corrected chi connectivity index (χ2v) is 9.33. The molecule has 5 N–H and O–H groups in total. The van der Waals surface area contributed by atoms with Crippen LogP contribution in [0.4, 0.5) is 23.8 Å². The molecule has 0 atom stereocenters. The molecule has 2 amide bonds. The number of hydrogen-bond donors (Lipinski definition) is 5. The highest BCUT2D eigenvalue weighted by molar-refractivity contribution is 7.13. The van der Waals surface area contributed by atoms with Crippen molar-refractivity contribution in [2.75, 3.05) is 25.1 Å². The van der Waals surface area contributed by atoms with Gasteiger partial charge in [0.2, 0.25) is 5.43 Å². The van der Waals surface area contributed by atoms with Crippen LogP contribution in [0.25, 0.3) is 32.6 Å². The number of aliphatic hydroxyl groups excluding tert-OH is 2. The van der Waals surface area contributed by atoms with Crippen LogP contribution >= 0.6 is 11.3 Å². The van der Waals surface area contributed by atoms with Crippen molar-refractivity contribution in [1.82, 2.24) is 19.9 Å². The van der Waals surface area contributed by atoms with Crippen molar-refractivity contribution in [3.05, 3.63) is 63.5 Å². The molecule has 0 saturated carbocycles. The van der Waals surface area contributed by atoms with Crippen LogP contribution in [0.5, 0.6) is 0 Å². The molecule has 0 fully saturated rings. The largest absolute Gasteiger partial charge is 0.477 e. The van der Waals surface area contributed by atoms with E-state index in [-0.39, 0.29) is 32.9 Å². The molecule has 40 heavy (non-hydrogen) atoms. The maximum Gasteiger partial charge on any atom is 0.434 e. The first kappa shape index (κ1) is 28.7. The first-order valence-corrected chi connectivity index (χ1v) is 12.6. The predicted molar refractivity (Wildman–Crippen MR) is 140 cm³/mol. The Hall–Kier alpha value is -4.34. The maximum atomic E-state index is 13.3. The predicted octanol–water partition coefficient (Wildman–Crippen LogP) is 3.57. The Kier molecular flexibility index (Phi) is 8.18. The summed E-state index contributed by atoms with van der Waals surface area (Å²) < 4.78 is 41.2. The normalized spacial score (nSPS) is 11.7. The number of alkyl halides is 3. The van der Waals surface area contributed by atoms with Crippen LogP contribution in [-0.2, 0) is 6.18 Å². The number of thiazole rings is 1. The molecule has 15 heteroatoms. The molecule has 0 saturated heterocycles. The Bertz CT molecular complexity index is 1650. The minimum atomic E-state index is -4.69. The van der Waals surface area contributed by atoms with Crippen LogP contribution in [0.3, 0.4) is 0 Å². The molecule has 0 unspecified atom stereocenters. The lowest BCUT2D eigenvalue weighted by Crippen LogP contribution is -2.28. The number of hydrogen-bond acceptors (Lipinski definition) is 8. The molecule has 3 aromatic heterocycles. The zero-order chi connectivity index (χ0) is 29.2. The Morgan fingerprint density at radius 1 is 1.15 bits per heavy atom. The van der Waals surface area contributed by atoms with E-state index in [1.165, 1.54) is 35.0 Å². The van der Waals surface area contributed by atoms with E-state index in [1.807, 2.05) is 0 Å². The SMILES string of the molecule is CCNC(=O)Nc1cc(-c2nc(C(F)(F)F)cs2)c(-c2ccc3c(c2)c(=O)c(C(=O)O)cn3C(CO)CO)cn1. The molecule has 0 spiro atoms. The number of nitrogens with one attached hydrogen (secondary N) is 2. The number of halogens is 3. The summed E-state index contributed by atoms with van der Waals surface area (Å²) in [4.78, 5) is 44.8. The van der Waals surface area contributed by atoms with Crippen LogP contribution < -0.4 is 16.1 Å². The minimum absolute atomic E-state index is 0.0264. The van der Waals surface area contributed by atoms with Gasteiger partial charge in [-0.05, 0) is 30.7 Å². The highest BCUT2D eigenvalue weighted by Crippen LogP contribution is 2.39. The summed E-state index contributed by atoms with van der Waals surface area (Å²) in [7, 11) is 0. The third-order valence-electron chi connectivity index (χ3n) is 5.90. The van der Waals surface area contributed by atoms with E-state index in [0.717, 1.165) is 11.6 Å². The molecule has 0 radical (unpaired) electrons. The number of pyridine rings is 2. The van der Waals surface area contributed by atoms with Gasteiger partial charge in [0.1, 0.15) is 16.4 Å². The fourth-order valence-corrected chi connectivity index (χ4v) is 4.85. The monoisotopic (exact) mass is 577 g/mol. The Morgan fingerprint density at radius 2 is 1.88 bits per heavy atom. The average molecular weight is 578 g/mol. The number of rotatable bonds is 8. The zero-order valence-electron chi connectivity index (χ0n) is 20.7. The number of urea groups is 1. The maximum absolute atomic E-state index is 13.3. The van der Waals surface area contributed by atoms with Gasteiger partial charge in [-0.25, -0.2) is 19.6 Å². The molecule has 11 nitrogen and oxygen atoms in total. The number of aromatic nitrogens is 3. The van der Waals surface area contributed by atoms with E-state index in [2.05, 4.69) is 20.6 Å². The number of carboxylic acid groups (broad SMARTS) is 1. The second-order valence-electron chi connectivity index (χ2n) is 8.47. The second kappa shape index (κ2) is 11.4. The summed E-state index contributed by atoms with van der Waals surface area (Å²) >= 11 is 0.715. The number of benzene rings is 1. The summed E-state index contributed by atoms with van der Waals surface area (Å²) in [5.74, 6) is -1.50. The van der Waals surface area contributed by atoms with Crippen molar-refractivity contribution in [2.45, 2.75) is 19.1 Å². The quantitative estimate of drug-likeness (QED) is 0.212. The average Bonchev–Trinajstić information content (AvgIpc) is 3.41. The lowest BCUT2D eigenvalue weighted by Gasteiger charge is -2.20. The number of aromatic carboxylic acids is 1. The third kappa shape index (κ3) is 5.66. The highest BCUT2D eigenvalue weighted by Gasteiger charge is 2.34. The van der Waals surface area contributed by atoms with Crippen LogP contribution in [0.15, 0.2) is 46.8 Å². The molecule has 0 bridgehead atoms. The smallest absolute Gasteiger partial charge is 0.434 e.